The Morgan fingerprint density at radius 1 is 1.12 bits per heavy atom. The van der Waals surface area contributed by atoms with Gasteiger partial charge in [-0.15, -0.1) is 0 Å². The van der Waals surface area contributed by atoms with E-state index in [0.29, 0.717) is 11.8 Å². The fraction of sp³-hybridized carbons (Fsp3) is 0.579. The normalized spacial score (nSPS) is 18.5. The molecule has 26 heavy (non-hydrogen) atoms. The quantitative estimate of drug-likeness (QED) is 0.842. The van der Waals surface area contributed by atoms with E-state index >= 15 is 0 Å². The molecule has 0 bridgehead atoms. The van der Waals surface area contributed by atoms with Crippen LogP contribution in [0.2, 0.25) is 0 Å². The van der Waals surface area contributed by atoms with Crippen LogP contribution in [0.3, 0.4) is 0 Å². The summed E-state index contributed by atoms with van der Waals surface area (Å²) in [6.07, 6.45) is 11.1. The van der Waals surface area contributed by atoms with Crippen LogP contribution in [0.5, 0.6) is 0 Å². The summed E-state index contributed by atoms with van der Waals surface area (Å²) in [6, 6.07) is 1.99. The van der Waals surface area contributed by atoms with E-state index in [1.807, 2.05) is 28.7 Å². The van der Waals surface area contributed by atoms with Crippen molar-refractivity contribution in [2.45, 2.75) is 39.0 Å². The van der Waals surface area contributed by atoms with Crippen LogP contribution >= 0.6 is 0 Å². The zero-order valence-electron chi connectivity index (χ0n) is 15.3. The molecule has 0 aromatic carbocycles. The third kappa shape index (κ3) is 3.71. The molecular weight excluding hydrogens is 328 g/mol. The van der Waals surface area contributed by atoms with Gasteiger partial charge in [0.15, 0.2) is 0 Å². The van der Waals surface area contributed by atoms with Gasteiger partial charge in [0.1, 0.15) is 23.8 Å². The maximum absolute atomic E-state index is 12.5. The minimum absolute atomic E-state index is 0.328. The number of amides is 1. The summed E-state index contributed by atoms with van der Waals surface area (Å²) in [6.45, 7) is 5.09. The fourth-order valence-electron chi connectivity index (χ4n) is 4.00. The van der Waals surface area contributed by atoms with Gasteiger partial charge in [0.05, 0.1) is 0 Å². The van der Waals surface area contributed by atoms with Crippen LogP contribution in [0.25, 0.3) is 5.82 Å². The molecule has 1 aliphatic carbocycles. The third-order valence-electron chi connectivity index (χ3n) is 5.47. The molecular formula is C19H26N6O. The average Bonchev–Trinajstić information content (AvgIpc) is 3.35. The van der Waals surface area contributed by atoms with Gasteiger partial charge in [-0.2, -0.15) is 0 Å². The highest BCUT2D eigenvalue weighted by atomic mass is 16.2. The van der Waals surface area contributed by atoms with Gasteiger partial charge in [-0.3, -0.25) is 9.36 Å². The van der Waals surface area contributed by atoms with E-state index in [0.717, 1.165) is 50.1 Å². The lowest BCUT2D eigenvalue weighted by atomic mass is 10.0. The lowest BCUT2D eigenvalue weighted by Crippen LogP contribution is -2.49. The van der Waals surface area contributed by atoms with Gasteiger partial charge in [-0.05, 0) is 25.7 Å². The standard InChI is InChI=1S/C19H26N6O/c1-15-21-17(13-18(22-15)25-7-6-20-14-25)23-8-10-24(11-9-23)19(26)12-16-4-2-3-5-16/h6-7,13-14,16H,2-5,8-12H2,1H3. The van der Waals surface area contributed by atoms with E-state index in [1.165, 1.54) is 25.7 Å². The largest absolute Gasteiger partial charge is 0.353 e. The average molecular weight is 354 g/mol. The van der Waals surface area contributed by atoms with Crippen LogP contribution < -0.4 is 4.90 Å². The van der Waals surface area contributed by atoms with E-state index in [1.54, 1.807) is 12.5 Å². The smallest absolute Gasteiger partial charge is 0.222 e. The minimum Gasteiger partial charge on any atom is -0.353 e. The number of nitrogens with zero attached hydrogens (tertiary/aromatic N) is 6. The number of aromatic nitrogens is 4. The molecule has 0 spiro atoms. The van der Waals surface area contributed by atoms with Crippen molar-refractivity contribution in [2.24, 2.45) is 5.92 Å². The molecule has 2 fully saturated rings. The van der Waals surface area contributed by atoms with Gasteiger partial charge in [0.2, 0.25) is 5.91 Å². The number of piperazine rings is 1. The first kappa shape index (κ1) is 17.0. The lowest BCUT2D eigenvalue weighted by Gasteiger charge is -2.36. The van der Waals surface area contributed by atoms with Crippen molar-refractivity contribution in [3.8, 4) is 5.82 Å². The van der Waals surface area contributed by atoms with Crippen molar-refractivity contribution in [3.63, 3.8) is 0 Å². The molecule has 4 rings (SSSR count). The summed E-state index contributed by atoms with van der Waals surface area (Å²) >= 11 is 0. The monoisotopic (exact) mass is 354 g/mol. The molecule has 0 unspecified atom stereocenters. The van der Waals surface area contributed by atoms with Crippen LogP contribution in [0.4, 0.5) is 5.82 Å². The van der Waals surface area contributed by atoms with Crippen LogP contribution in [-0.2, 0) is 4.79 Å². The molecule has 1 saturated heterocycles. The molecule has 138 valence electrons. The van der Waals surface area contributed by atoms with Crippen LogP contribution in [-0.4, -0.2) is 56.5 Å². The lowest BCUT2D eigenvalue weighted by molar-refractivity contribution is -0.132. The predicted molar refractivity (Wildman–Crippen MR) is 99.3 cm³/mol. The van der Waals surface area contributed by atoms with Gasteiger partial charge in [0, 0.05) is 51.1 Å². The Balaban J connectivity index is 1.39. The number of rotatable bonds is 4. The number of aryl methyl sites for hydroxylation is 1. The van der Waals surface area contributed by atoms with Crippen molar-refractivity contribution < 1.29 is 4.79 Å². The second-order valence-electron chi connectivity index (χ2n) is 7.32. The van der Waals surface area contributed by atoms with Crippen LogP contribution in [0.15, 0.2) is 24.8 Å². The van der Waals surface area contributed by atoms with Crippen molar-refractivity contribution >= 4 is 11.7 Å². The molecule has 0 radical (unpaired) electrons. The maximum atomic E-state index is 12.5. The molecule has 7 heteroatoms. The van der Waals surface area contributed by atoms with Crippen molar-refractivity contribution in [3.05, 3.63) is 30.6 Å². The number of hydrogen-bond acceptors (Lipinski definition) is 5. The molecule has 0 atom stereocenters. The third-order valence-corrected chi connectivity index (χ3v) is 5.47. The number of anilines is 1. The van der Waals surface area contributed by atoms with Crippen molar-refractivity contribution in [1.82, 2.24) is 24.4 Å². The predicted octanol–water partition coefficient (Wildman–Crippen LogP) is 2.20. The van der Waals surface area contributed by atoms with E-state index in [2.05, 4.69) is 19.9 Å². The Hall–Kier alpha value is -2.44. The van der Waals surface area contributed by atoms with Gasteiger partial charge < -0.3 is 9.80 Å². The number of hydrogen-bond donors (Lipinski definition) is 0. The fourth-order valence-corrected chi connectivity index (χ4v) is 4.00. The summed E-state index contributed by atoms with van der Waals surface area (Å²) in [5.41, 5.74) is 0. The van der Waals surface area contributed by atoms with Crippen LogP contribution in [0.1, 0.15) is 37.9 Å². The van der Waals surface area contributed by atoms with Crippen molar-refractivity contribution in [1.29, 1.82) is 0 Å². The van der Waals surface area contributed by atoms with Gasteiger partial charge in [-0.1, -0.05) is 12.8 Å². The maximum Gasteiger partial charge on any atom is 0.222 e. The number of carbonyl (C=O) groups is 1. The zero-order chi connectivity index (χ0) is 17.9. The van der Waals surface area contributed by atoms with E-state index in [9.17, 15) is 4.79 Å². The highest BCUT2D eigenvalue weighted by molar-refractivity contribution is 5.76. The van der Waals surface area contributed by atoms with E-state index in [4.69, 9.17) is 0 Å². The molecule has 2 aromatic rings. The topological polar surface area (TPSA) is 67.2 Å². The van der Waals surface area contributed by atoms with E-state index < -0.39 is 0 Å². The summed E-state index contributed by atoms with van der Waals surface area (Å²) in [5.74, 6) is 3.43. The molecule has 1 aliphatic heterocycles. The molecule has 1 saturated carbocycles. The highest BCUT2D eigenvalue weighted by Gasteiger charge is 2.25. The van der Waals surface area contributed by atoms with Crippen LogP contribution in [0, 0.1) is 12.8 Å². The zero-order valence-corrected chi connectivity index (χ0v) is 15.3. The van der Waals surface area contributed by atoms with Gasteiger partial charge >= 0.3 is 0 Å². The SMILES string of the molecule is Cc1nc(N2CCN(C(=O)CC3CCCC3)CC2)cc(-n2ccnc2)n1. The molecule has 1 amide bonds. The van der Waals surface area contributed by atoms with Crippen molar-refractivity contribution in [2.75, 3.05) is 31.1 Å². The first-order chi connectivity index (χ1) is 12.7. The molecule has 3 heterocycles. The van der Waals surface area contributed by atoms with Gasteiger partial charge in [0.25, 0.3) is 0 Å². The Bertz CT molecular complexity index is 745. The minimum atomic E-state index is 0.328. The Labute approximate surface area is 154 Å². The molecule has 2 aromatic heterocycles. The Morgan fingerprint density at radius 2 is 1.85 bits per heavy atom. The molecule has 0 N–H and O–H groups in total. The second kappa shape index (κ2) is 7.43. The number of carbonyl (C=O) groups excluding carboxylic acids is 1. The summed E-state index contributed by atoms with van der Waals surface area (Å²) in [4.78, 5) is 30.0. The first-order valence-corrected chi connectivity index (χ1v) is 9.56. The Morgan fingerprint density at radius 3 is 2.54 bits per heavy atom. The summed E-state index contributed by atoms with van der Waals surface area (Å²) < 4.78 is 1.89. The van der Waals surface area contributed by atoms with Gasteiger partial charge in [-0.25, -0.2) is 15.0 Å². The summed E-state index contributed by atoms with van der Waals surface area (Å²) in [5, 5.41) is 0. The first-order valence-electron chi connectivity index (χ1n) is 9.56. The molecule has 7 nitrogen and oxygen atoms in total. The number of imidazole rings is 1. The second-order valence-corrected chi connectivity index (χ2v) is 7.32. The summed E-state index contributed by atoms with van der Waals surface area (Å²) in [7, 11) is 0. The van der Waals surface area contributed by atoms with E-state index in [-0.39, 0.29) is 0 Å². The Kier molecular flexibility index (Phi) is 4.86. The highest BCUT2D eigenvalue weighted by Crippen LogP contribution is 2.28. The molecule has 2 aliphatic rings.